The average molecular weight is 671 g/mol. The van der Waals surface area contributed by atoms with Crippen molar-refractivity contribution in [2.45, 2.75) is 30.3 Å². The molecule has 0 fully saturated rings. The maximum Gasteiger partial charge on any atom is 0.334 e. The number of nitrogens with zero attached hydrogens (tertiary/aromatic N) is 4. The maximum absolute atomic E-state index is 14.9. The number of halogens is 3. The van der Waals surface area contributed by atoms with Crippen molar-refractivity contribution in [2.75, 3.05) is 7.11 Å². The standard InChI is InChI=1S/C35H26F3N4O3PS/c1-19-14-27(35(43)45-2)30(46)17-25(19)21-4-3-5-22(15-21)33-31(32-28(18-39)40-12-13-41-32)26-16-23(36)8-11-29(26)42(33)47(44)24-9-6-20(7-10-24)34(37)38/h3-16,30,34H,17,46H2,1-2H3. The molecule has 0 amide bonds. The van der Waals surface area contributed by atoms with Gasteiger partial charge < -0.3 is 9.29 Å². The van der Waals surface area contributed by atoms with Crippen molar-refractivity contribution >= 4 is 43.0 Å². The molecule has 2 aromatic heterocycles. The molecule has 12 heteroatoms. The second-order valence-corrected chi connectivity index (χ2v) is 12.9. The number of esters is 1. The van der Waals surface area contributed by atoms with Crippen molar-refractivity contribution in [1.29, 1.82) is 5.26 Å². The molecule has 0 spiro atoms. The Hall–Kier alpha value is -4.75. The van der Waals surface area contributed by atoms with Crippen LogP contribution in [0.1, 0.15) is 36.6 Å². The molecule has 2 heterocycles. The van der Waals surface area contributed by atoms with Gasteiger partial charge in [0, 0.05) is 45.7 Å². The lowest BCUT2D eigenvalue weighted by Gasteiger charge is -2.24. The minimum Gasteiger partial charge on any atom is -0.587 e. The fourth-order valence-electron chi connectivity index (χ4n) is 5.79. The van der Waals surface area contributed by atoms with Gasteiger partial charge in [-0.1, -0.05) is 18.2 Å². The van der Waals surface area contributed by atoms with Gasteiger partial charge >= 0.3 is 5.97 Å². The second kappa shape index (κ2) is 13.2. The van der Waals surface area contributed by atoms with Gasteiger partial charge in [-0.15, -0.1) is 9.24 Å². The third kappa shape index (κ3) is 5.96. The molecule has 0 saturated heterocycles. The van der Waals surface area contributed by atoms with Crippen LogP contribution in [0.4, 0.5) is 13.2 Å². The molecule has 0 saturated carbocycles. The Labute approximate surface area is 273 Å². The molecule has 1 aliphatic carbocycles. The number of carbonyl (C=O) groups excluding carboxylic acids is 1. The molecule has 47 heavy (non-hydrogen) atoms. The molecule has 3 aromatic carbocycles. The first-order valence-corrected chi connectivity index (χ1v) is 16.1. The summed E-state index contributed by atoms with van der Waals surface area (Å²) in [4.78, 5) is 21.2. The SMILES string of the molecule is COC(=O)C1=CC(C)=C(c2cccc(-c3c(-c4nccnc4C#N)c4cc(F)ccc4n3[S+]([O-])c3ccc(C(F)F)cc3)c2)CC1P. The smallest absolute Gasteiger partial charge is 0.334 e. The topological polar surface area (TPSA) is 104 Å². The summed E-state index contributed by atoms with van der Waals surface area (Å²) in [5.41, 5.74) is 4.59. The summed E-state index contributed by atoms with van der Waals surface area (Å²) in [5, 5.41) is 10.3. The highest BCUT2D eigenvalue weighted by molar-refractivity contribution is 7.90. The summed E-state index contributed by atoms with van der Waals surface area (Å²) < 4.78 is 62.5. The van der Waals surface area contributed by atoms with Crippen molar-refractivity contribution in [2.24, 2.45) is 0 Å². The Bertz CT molecular complexity index is 2140. The van der Waals surface area contributed by atoms with E-state index in [1.54, 1.807) is 12.1 Å². The predicted octanol–water partition coefficient (Wildman–Crippen LogP) is 7.80. The summed E-state index contributed by atoms with van der Waals surface area (Å²) in [5.74, 6) is -0.965. The molecule has 3 atom stereocenters. The third-order valence-corrected chi connectivity index (χ3v) is 9.99. The summed E-state index contributed by atoms with van der Waals surface area (Å²) >= 11 is -2.02. The fraction of sp³-hybridized carbons (Fsp3) is 0.143. The van der Waals surface area contributed by atoms with Crippen LogP contribution in [0.3, 0.4) is 0 Å². The molecular formula is C35H26F3N4O3PS. The van der Waals surface area contributed by atoms with E-state index in [2.05, 4.69) is 25.3 Å². The van der Waals surface area contributed by atoms with E-state index in [9.17, 15) is 27.8 Å². The van der Waals surface area contributed by atoms with E-state index < -0.39 is 29.6 Å². The molecule has 7 nitrogen and oxygen atoms in total. The Kier molecular flexibility index (Phi) is 9.02. The molecule has 0 bridgehead atoms. The van der Waals surface area contributed by atoms with Crippen molar-refractivity contribution in [3.8, 4) is 28.6 Å². The van der Waals surface area contributed by atoms with E-state index in [4.69, 9.17) is 4.74 Å². The molecule has 236 valence electrons. The maximum atomic E-state index is 14.9. The lowest BCUT2D eigenvalue weighted by molar-refractivity contribution is -0.136. The van der Waals surface area contributed by atoms with Crippen molar-refractivity contribution in [1.82, 2.24) is 13.9 Å². The number of nitriles is 1. The van der Waals surface area contributed by atoms with Gasteiger partial charge in [-0.05, 0) is 84.7 Å². The minimum absolute atomic E-state index is 0.0163. The number of hydrogen-bond donors (Lipinski definition) is 0. The highest BCUT2D eigenvalue weighted by Gasteiger charge is 2.32. The first-order chi connectivity index (χ1) is 22.6. The number of ether oxygens (including phenoxy) is 1. The van der Waals surface area contributed by atoms with Gasteiger partial charge in [0.15, 0.2) is 10.6 Å². The Balaban J connectivity index is 1.64. The number of carbonyl (C=O) groups is 1. The van der Waals surface area contributed by atoms with Gasteiger partial charge in [0.1, 0.15) is 34.6 Å². The van der Waals surface area contributed by atoms with Crippen molar-refractivity contribution in [3.63, 3.8) is 0 Å². The summed E-state index contributed by atoms with van der Waals surface area (Å²) in [7, 11) is 4.03. The van der Waals surface area contributed by atoms with Gasteiger partial charge in [0.25, 0.3) is 6.43 Å². The van der Waals surface area contributed by atoms with Crippen LogP contribution in [0.15, 0.2) is 101 Å². The van der Waals surface area contributed by atoms with E-state index >= 15 is 0 Å². The number of alkyl halides is 2. The molecule has 0 radical (unpaired) electrons. The van der Waals surface area contributed by atoms with E-state index in [0.29, 0.717) is 39.7 Å². The first kappa shape index (κ1) is 32.2. The number of allylic oxidation sites excluding steroid dienone is 3. The van der Waals surface area contributed by atoms with Crippen LogP contribution in [0.2, 0.25) is 0 Å². The molecule has 0 aliphatic heterocycles. The zero-order chi connectivity index (χ0) is 33.4. The fourth-order valence-corrected chi connectivity index (χ4v) is 7.54. The lowest BCUT2D eigenvalue weighted by atomic mass is 9.87. The molecule has 3 unspecified atom stereocenters. The number of benzene rings is 3. The molecule has 6 rings (SSSR count). The number of aromatic nitrogens is 3. The van der Waals surface area contributed by atoms with Crippen LogP contribution in [0.25, 0.3) is 39.0 Å². The van der Waals surface area contributed by atoms with E-state index in [0.717, 1.165) is 16.7 Å². The monoisotopic (exact) mass is 670 g/mol. The Morgan fingerprint density at radius 2 is 1.83 bits per heavy atom. The van der Waals surface area contributed by atoms with Gasteiger partial charge in [-0.2, -0.15) is 9.23 Å². The minimum atomic E-state index is -2.70. The van der Waals surface area contributed by atoms with Gasteiger partial charge in [-0.25, -0.2) is 22.9 Å². The second-order valence-electron chi connectivity index (χ2n) is 10.8. The van der Waals surface area contributed by atoms with Crippen LogP contribution in [-0.4, -0.2) is 37.2 Å². The Morgan fingerprint density at radius 1 is 1.11 bits per heavy atom. The average Bonchev–Trinajstić information content (AvgIpc) is 3.42. The molecule has 0 N–H and O–H groups in total. The largest absolute Gasteiger partial charge is 0.587 e. The zero-order valence-corrected chi connectivity index (χ0v) is 27.0. The predicted molar refractivity (Wildman–Crippen MR) is 177 cm³/mol. The highest BCUT2D eigenvalue weighted by atomic mass is 32.2. The number of rotatable bonds is 7. The van der Waals surface area contributed by atoms with Gasteiger partial charge in [0.2, 0.25) is 0 Å². The number of fused-ring (bicyclic) bond motifs is 1. The van der Waals surface area contributed by atoms with Crippen LogP contribution in [-0.2, 0) is 20.9 Å². The van der Waals surface area contributed by atoms with Crippen molar-refractivity contribution in [3.05, 3.63) is 119 Å². The molecule has 1 aliphatic rings. The summed E-state index contributed by atoms with van der Waals surface area (Å²) in [6.07, 6.45) is 2.41. The van der Waals surface area contributed by atoms with Crippen LogP contribution in [0.5, 0.6) is 0 Å². The van der Waals surface area contributed by atoms with E-state index in [-0.39, 0.29) is 27.5 Å². The van der Waals surface area contributed by atoms with Crippen LogP contribution < -0.4 is 0 Å². The summed E-state index contributed by atoms with van der Waals surface area (Å²) in [6, 6.07) is 18.7. The third-order valence-electron chi connectivity index (χ3n) is 8.00. The molecular weight excluding hydrogens is 644 g/mol. The molecule has 5 aromatic rings. The normalized spacial score (nSPS) is 15.5. The number of methoxy groups -OCH3 is 1. The van der Waals surface area contributed by atoms with Crippen molar-refractivity contribution < 1.29 is 27.3 Å². The van der Waals surface area contributed by atoms with Crippen LogP contribution >= 0.6 is 9.24 Å². The quantitative estimate of drug-likeness (QED) is 0.0995. The van der Waals surface area contributed by atoms with Gasteiger partial charge in [0.05, 0.1) is 12.6 Å². The lowest BCUT2D eigenvalue weighted by Crippen LogP contribution is -2.18. The first-order valence-electron chi connectivity index (χ1n) is 14.3. The zero-order valence-electron chi connectivity index (χ0n) is 25.1. The highest BCUT2D eigenvalue weighted by Crippen LogP contribution is 2.45. The van der Waals surface area contributed by atoms with Gasteiger partial charge in [-0.3, -0.25) is 4.98 Å². The Morgan fingerprint density at radius 3 is 2.53 bits per heavy atom. The van der Waals surface area contributed by atoms with E-state index in [1.165, 1.54) is 65.9 Å². The van der Waals surface area contributed by atoms with E-state index in [1.807, 2.05) is 25.1 Å². The van der Waals surface area contributed by atoms with Crippen LogP contribution in [0, 0.1) is 17.1 Å². The number of hydrogen-bond acceptors (Lipinski definition) is 6. The summed E-state index contributed by atoms with van der Waals surface area (Å²) in [6.45, 7) is 1.91.